The second kappa shape index (κ2) is 5.04. The maximum absolute atomic E-state index is 4.29. The first-order valence-electron chi connectivity index (χ1n) is 8.74. The minimum absolute atomic E-state index is 0.572. The predicted octanol–water partition coefficient (Wildman–Crippen LogP) is 6.00. The van der Waals surface area contributed by atoms with Crippen LogP contribution in [0.4, 0.5) is 0 Å². The lowest BCUT2D eigenvalue weighted by Crippen LogP contribution is -2.32. The Labute approximate surface area is 125 Å². The molecule has 0 heterocycles. The Bertz CT molecular complexity index is 429. The molecule has 2 saturated carbocycles. The summed E-state index contributed by atoms with van der Waals surface area (Å²) < 4.78 is 0. The van der Waals surface area contributed by atoms with E-state index in [9.17, 15) is 0 Å². The van der Waals surface area contributed by atoms with E-state index in [0.29, 0.717) is 5.41 Å². The van der Waals surface area contributed by atoms with Crippen molar-refractivity contribution in [1.82, 2.24) is 0 Å². The molecule has 3 aliphatic carbocycles. The molecule has 0 aliphatic heterocycles. The Morgan fingerprint density at radius 3 is 2.75 bits per heavy atom. The first-order chi connectivity index (χ1) is 9.42. The molecule has 6 atom stereocenters. The van der Waals surface area contributed by atoms with E-state index in [2.05, 4.69) is 40.3 Å². The SMILES string of the molecule is C=C(C)[C@H]1CC[C@]2(C)C[C@@H]3[C@H](C)CC[C@@H]3/C(C)=C\CC12. The molecule has 112 valence electrons. The molecular weight excluding hydrogens is 240 g/mol. The van der Waals surface area contributed by atoms with Gasteiger partial charge in [0.05, 0.1) is 0 Å². The van der Waals surface area contributed by atoms with Crippen LogP contribution < -0.4 is 0 Å². The van der Waals surface area contributed by atoms with Gasteiger partial charge in [0.15, 0.2) is 0 Å². The molecule has 3 rings (SSSR count). The molecule has 20 heavy (non-hydrogen) atoms. The van der Waals surface area contributed by atoms with Crippen LogP contribution in [0.25, 0.3) is 0 Å². The zero-order chi connectivity index (χ0) is 14.5. The maximum atomic E-state index is 4.29. The summed E-state index contributed by atoms with van der Waals surface area (Å²) in [5.74, 6) is 4.40. The highest BCUT2D eigenvalue weighted by atomic mass is 14.5. The lowest BCUT2D eigenvalue weighted by atomic mass is 9.64. The van der Waals surface area contributed by atoms with Crippen molar-refractivity contribution in [2.45, 2.75) is 66.2 Å². The number of fused-ring (bicyclic) bond motifs is 2. The molecule has 0 amide bonds. The van der Waals surface area contributed by atoms with Crippen LogP contribution in [0.5, 0.6) is 0 Å². The third-order valence-corrected chi connectivity index (χ3v) is 7.20. The van der Waals surface area contributed by atoms with Gasteiger partial charge in [0.25, 0.3) is 0 Å². The van der Waals surface area contributed by atoms with Crippen LogP contribution in [0.2, 0.25) is 0 Å². The quantitative estimate of drug-likeness (QED) is 0.514. The zero-order valence-electron chi connectivity index (χ0n) is 13.9. The lowest BCUT2D eigenvalue weighted by Gasteiger charge is -2.41. The molecule has 0 spiro atoms. The van der Waals surface area contributed by atoms with Gasteiger partial charge in [-0.3, -0.25) is 0 Å². The second-order valence-corrected chi connectivity index (χ2v) is 8.46. The molecule has 0 aromatic heterocycles. The summed E-state index contributed by atoms with van der Waals surface area (Å²) in [5, 5.41) is 0. The largest absolute Gasteiger partial charge is 0.0998 e. The van der Waals surface area contributed by atoms with E-state index in [1.807, 2.05) is 0 Å². The van der Waals surface area contributed by atoms with E-state index < -0.39 is 0 Å². The molecule has 0 bridgehead atoms. The van der Waals surface area contributed by atoms with Gasteiger partial charge in [0.1, 0.15) is 0 Å². The van der Waals surface area contributed by atoms with Gasteiger partial charge in [0.2, 0.25) is 0 Å². The zero-order valence-corrected chi connectivity index (χ0v) is 13.9. The highest BCUT2D eigenvalue weighted by Crippen LogP contribution is 2.58. The van der Waals surface area contributed by atoms with Gasteiger partial charge in [-0.15, -0.1) is 0 Å². The molecule has 0 radical (unpaired) electrons. The van der Waals surface area contributed by atoms with Crippen LogP contribution in [-0.2, 0) is 0 Å². The van der Waals surface area contributed by atoms with Crippen molar-refractivity contribution in [2.75, 3.05) is 0 Å². The van der Waals surface area contributed by atoms with Crippen LogP contribution in [-0.4, -0.2) is 0 Å². The first kappa shape index (κ1) is 14.4. The van der Waals surface area contributed by atoms with Crippen molar-refractivity contribution in [1.29, 1.82) is 0 Å². The van der Waals surface area contributed by atoms with Gasteiger partial charge >= 0.3 is 0 Å². The van der Waals surface area contributed by atoms with Crippen LogP contribution in [0.15, 0.2) is 23.8 Å². The molecule has 0 saturated heterocycles. The van der Waals surface area contributed by atoms with Crippen molar-refractivity contribution in [2.24, 2.45) is 35.0 Å². The Hall–Kier alpha value is -0.520. The summed E-state index contributed by atoms with van der Waals surface area (Å²) >= 11 is 0. The van der Waals surface area contributed by atoms with Crippen LogP contribution in [0.3, 0.4) is 0 Å². The third-order valence-electron chi connectivity index (χ3n) is 7.20. The Balaban J connectivity index is 1.94. The van der Waals surface area contributed by atoms with Crippen LogP contribution in [0.1, 0.15) is 66.2 Å². The Kier molecular flexibility index (Phi) is 3.63. The van der Waals surface area contributed by atoms with Gasteiger partial charge in [-0.1, -0.05) is 37.6 Å². The molecule has 0 aromatic carbocycles. The number of hydrogen-bond donors (Lipinski definition) is 0. The van der Waals surface area contributed by atoms with Gasteiger partial charge in [-0.25, -0.2) is 0 Å². The normalized spacial score (nSPS) is 50.6. The van der Waals surface area contributed by atoms with E-state index in [-0.39, 0.29) is 0 Å². The van der Waals surface area contributed by atoms with Crippen LogP contribution in [0, 0.1) is 35.0 Å². The monoisotopic (exact) mass is 272 g/mol. The number of hydrogen-bond acceptors (Lipinski definition) is 0. The standard InChI is InChI=1S/C20H32/c1-13(2)16-10-11-20(5)12-18-15(4)6-8-17(18)14(3)7-9-19(16)20/h7,15-19H,1,6,8-12H2,2-5H3/b14-7-/t15-,16-,17-,18-,19?,20-/m1/s1. The minimum Gasteiger partial charge on any atom is -0.0998 e. The predicted molar refractivity (Wildman–Crippen MR) is 87.5 cm³/mol. The van der Waals surface area contributed by atoms with Crippen molar-refractivity contribution >= 4 is 0 Å². The van der Waals surface area contributed by atoms with Crippen molar-refractivity contribution < 1.29 is 0 Å². The number of rotatable bonds is 1. The fraction of sp³-hybridized carbons (Fsp3) is 0.800. The average Bonchev–Trinajstić information content (AvgIpc) is 2.88. The van der Waals surface area contributed by atoms with Crippen LogP contribution >= 0.6 is 0 Å². The van der Waals surface area contributed by atoms with Gasteiger partial charge in [-0.05, 0) is 87.4 Å². The topological polar surface area (TPSA) is 0 Å². The van der Waals surface area contributed by atoms with Crippen molar-refractivity contribution in [3.63, 3.8) is 0 Å². The van der Waals surface area contributed by atoms with E-state index in [4.69, 9.17) is 0 Å². The molecule has 3 aliphatic rings. The van der Waals surface area contributed by atoms with Crippen molar-refractivity contribution in [3.8, 4) is 0 Å². The fourth-order valence-corrected chi connectivity index (χ4v) is 5.83. The summed E-state index contributed by atoms with van der Waals surface area (Å²) in [6.07, 6.45) is 11.1. The molecular formula is C20H32. The second-order valence-electron chi connectivity index (χ2n) is 8.46. The summed E-state index contributed by atoms with van der Waals surface area (Å²) in [6.45, 7) is 14.1. The Morgan fingerprint density at radius 1 is 1.30 bits per heavy atom. The molecule has 2 fully saturated rings. The highest BCUT2D eigenvalue weighted by Gasteiger charge is 2.49. The number of allylic oxidation sites excluding steroid dienone is 3. The van der Waals surface area contributed by atoms with Gasteiger partial charge in [-0.2, -0.15) is 0 Å². The van der Waals surface area contributed by atoms with E-state index in [1.54, 1.807) is 5.57 Å². The Morgan fingerprint density at radius 2 is 2.05 bits per heavy atom. The third kappa shape index (κ3) is 2.20. The van der Waals surface area contributed by atoms with E-state index >= 15 is 0 Å². The molecule has 0 aromatic rings. The summed E-state index contributed by atoms with van der Waals surface area (Å²) in [5.41, 5.74) is 3.71. The smallest absolute Gasteiger partial charge is 0.0172 e. The summed E-state index contributed by atoms with van der Waals surface area (Å²) in [7, 11) is 0. The molecule has 0 N–H and O–H groups in total. The fourth-order valence-electron chi connectivity index (χ4n) is 5.83. The molecule has 0 nitrogen and oxygen atoms in total. The average molecular weight is 272 g/mol. The van der Waals surface area contributed by atoms with Gasteiger partial charge < -0.3 is 0 Å². The molecule has 0 heteroatoms. The first-order valence-corrected chi connectivity index (χ1v) is 8.74. The summed E-state index contributed by atoms with van der Waals surface area (Å²) in [6, 6.07) is 0. The minimum atomic E-state index is 0.572. The summed E-state index contributed by atoms with van der Waals surface area (Å²) in [4.78, 5) is 0. The lowest BCUT2D eigenvalue weighted by molar-refractivity contribution is 0.124. The van der Waals surface area contributed by atoms with E-state index in [0.717, 1.165) is 29.6 Å². The van der Waals surface area contributed by atoms with E-state index in [1.165, 1.54) is 44.1 Å². The maximum Gasteiger partial charge on any atom is -0.0172 e. The van der Waals surface area contributed by atoms with Crippen molar-refractivity contribution in [3.05, 3.63) is 23.8 Å². The highest BCUT2D eigenvalue weighted by molar-refractivity contribution is 5.16. The molecule has 1 unspecified atom stereocenters. The van der Waals surface area contributed by atoms with Gasteiger partial charge in [0, 0.05) is 0 Å².